The molecule has 0 radical (unpaired) electrons. The van der Waals surface area contributed by atoms with Crippen molar-refractivity contribution in [3.63, 3.8) is 0 Å². The van der Waals surface area contributed by atoms with E-state index in [0.717, 1.165) is 22.4 Å². The normalized spacial score (nSPS) is 11.1. The molecule has 0 aliphatic rings. The van der Waals surface area contributed by atoms with Gasteiger partial charge in [0.05, 0.1) is 22.1 Å². The summed E-state index contributed by atoms with van der Waals surface area (Å²) in [6.07, 6.45) is 0. The minimum absolute atomic E-state index is 0.0376. The second-order valence-electron chi connectivity index (χ2n) is 4.47. The van der Waals surface area contributed by atoms with Gasteiger partial charge in [-0.3, -0.25) is 0 Å². The summed E-state index contributed by atoms with van der Waals surface area (Å²) in [6, 6.07) is 13.1. The van der Waals surface area contributed by atoms with Crippen LogP contribution in [-0.4, -0.2) is 26.4 Å². The molecule has 2 aromatic carbocycles. The maximum Gasteiger partial charge on any atom is 0.141 e. The Hall–Kier alpha value is -1.85. The molecule has 1 heterocycles. The van der Waals surface area contributed by atoms with Crippen LogP contribution in [0.15, 0.2) is 46.9 Å². The second kappa shape index (κ2) is 5.26. The van der Waals surface area contributed by atoms with Gasteiger partial charge in [-0.15, -0.1) is 0 Å². The third kappa shape index (κ3) is 2.19. The molecule has 0 saturated carbocycles. The predicted molar refractivity (Wildman–Crippen MR) is 81.6 cm³/mol. The molecular formula is C15H13BrN2O2. The van der Waals surface area contributed by atoms with Gasteiger partial charge >= 0.3 is 0 Å². The van der Waals surface area contributed by atoms with Crippen molar-refractivity contribution in [2.75, 3.05) is 6.61 Å². The molecule has 0 aliphatic heterocycles. The topological polar surface area (TPSA) is 58.3 Å². The summed E-state index contributed by atoms with van der Waals surface area (Å²) in [7, 11) is 0. The Morgan fingerprint density at radius 1 is 1.15 bits per heavy atom. The van der Waals surface area contributed by atoms with E-state index in [1.807, 2.05) is 34.9 Å². The lowest BCUT2D eigenvalue weighted by Gasteiger charge is -2.08. The molecule has 20 heavy (non-hydrogen) atoms. The number of rotatable bonds is 3. The number of hydrogen-bond acceptors (Lipinski definition) is 3. The van der Waals surface area contributed by atoms with E-state index >= 15 is 0 Å². The van der Waals surface area contributed by atoms with Crippen LogP contribution in [0.3, 0.4) is 0 Å². The highest BCUT2D eigenvalue weighted by Gasteiger charge is 2.13. The fourth-order valence-corrected chi connectivity index (χ4v) is 2.52. The second-order valence-corrected chi connectivity index (χ2v) is 5.32. The number of phenolic OH excluding ortho intramolecular Hbond substituents is 1. The van der Waals surface area contributed by atoms with E-state index in [-0.39, 0.29) is 12.4 Å². The van der Waals surface area contributed by atoms with Crippen LogP contribution in [0.1, 0.15) is 0 Å². The molecule has 0 atom stereocenters. The Labute approximate surface area is 124 Å². The molecule has 102 valence electrons. The van der Waals surface area contributed by atoms with Crippen LogP contribution in [0.2, 0.25) is 0 Å². The number of imidazole rings is 1. The van der Waals surface area contributed by atoms with E-state index in [4.69, 9.17) is 0 Å². The van der Waals surface area contributed by atoms with E-state index in [0.29, 0.717) is 11.0 Å². The average Bonchev–Trinajstić information content (AvgIpc) is 2.82. The van der Waals surface area contributed by atoms with E-state index in [1.54, 1.807) is 12.1 Å². The number of aliphatic hydroxyl groups excluding tert-OH is 1. The van der Waals surface area contributed by atoms with Crippen LogP contribution < -0.4 is 0 Å². The smallest absolute Gasteiger partial charge is 0.141 e. The number of benzene rings is 2. The number of fused-ring (bicyclic) bond motifs is 1. The van der Waals surface area contributed by atoms with Crippen molar-refractivity contribution in [3.8, 4) is 17.1 Å². The highest BCUT2D eigenvalue weighted by atomic mass is 79.9. The van der Waals surface area contributed by atoms with Crippen molar-refractivity contribution in [2.24, 2.45) is 0 Å². The number of halogens is 1. The Balaban J connectivity index is 2.23. The molecule has 1 aromatic heterocycles. The van der Waals surface area contributed by atoms with E-state index in [1.165, 1.54) is 0 Å². The summed E-state index contributed by atoms with van der Waals surface area (Å²) in [5, 5.41) is 19.1. The molecule has 0 unspecified atom stereocenters. The van der Waals surface area contributed by atoms with Crippen LogP contribution in [0.5, 0.6) is 5.75 Å². The summed E-state index contributed by atoms with van der Waals surface area (Å²) in [4.78, 5) is 4.60. The quantitative estimate of drug-likeness (QED) is 0.774. The van der Waals surface area contributed by atoms with E-state index < -0.39 is 0 Å². The largest absolute Gasteiger partial charge is 0.507 e. The zero-order chi connectivity index (χ0) is 14.1. The Morgan fingerprint density at radius 3 is 2.70 bits per heavy atom. The molecule has 3 rings (SSSR count). The maximum atomic E-state index is 9.82. The number of aliphatic hydroxyl groups is 1. The first-order valence-electron chi connectivity index (χ1n) is 6.25. The molecule has 5 heteroatoms. The summed E-state index contributed by atoms with van der Waals surface area (Å²) in [5.74, 6) is 0.910. The van der Waals surface area contributed by atoms with Crippen molar-refractivity contribution in [3.05, 3.63) is 46.9 Å². The van der Waals surface area contributed by atoms with Gasteiger partial charge in [0.1, 0.15) is 11.6 Å². The average molecular weight is 333 g/mol. The van der Waals surface area contributed by atoms with Crippen molar-refractivity contribution in [1.82, 2.24) is 9.55 Å². The lowest BCUT2D eigenvalue weighted by molar-refractivity contribution is 0.278. The van der Waals surface area contributed by atoms with Crippen LogP contribution in [0, 0.1) is 0 Å². The minimum atomic E-state index is 0.0376. The Kier molecular flexibility index (Phi) is 3.46. The zero-order valence-electron chi connectivity index (χ0n) is 10.6. The first-order valence-corrected chi connectivity index (χ1v) is 7.05. The van der Waals surface area contributed by atoms with Gasteiger partial charge in [0, 0.05) is 12.1 Å². The summed E-state index contributed by atoms with van der Waals surface area (Å²) < 4.78 is 2.60. The van der Waals surface area contributed by atoms with Gasteiger partial charge < -0.3 is 14.8 Å². The first-order chi connectivity index (χ1) is 9.70. The van der Waals surface area contributed by atoms with Crippen LogP contribution in [0.4, 0.5) is 0 Å². The summed E-state index contributed by atoms with van der Waals surface area (Å²) in [6.45, 7) is 0.503. The van der Waals surface area contributed by atoms with Gasteiger partial charge in [-0.1, -0.05) is 12.1 Å². The van der Waals surface area contributed by atoms with Gasteiger partial charge in [-0.2, -0.15) is 0 Å². The molecule has 4 nitrogen and oxygen atoms in total. The van der Waals surface area contributed by atoms with Crippen LogP contribution in [0.25, 0.3) is 22.4 Å². The van der Waals surface area contributed by atoms with Crippen molar-refractivity contribution in [2.45, 2.75) is 6.54 Å². The third-order valence-electron chi connectivity index (χ3n) is 3.18. The Bertz CT molecular complexity index is 768. The fraction of sp³-hybridized carbons (Fsp3) is 0.133. The molecule has 2 N–H and O–H groups in total. The van der Waals surface area contributed by atoms with Crippen LogP contribution >= 0.6 is 15.9 Å². The van der Waals surface area contributed by atoms with E-state index in [2.05, 4.69) is 20.9 Å². The lowest BCUT2D eigenvalue weighted by Crippen LogP contribution is -2.04. The van der Waals surface area contributed by atoms with Crippen LogP contribution in [-0.2, 0) is 6.54 Å². The SMILES string of the molecule is OCCn1c(-c2ccc(Br)c(O)c2)nc2ccccc21. The number of aromatic nitrogens is 2. The molecular weight excluding hydrogens is 320 g/mol. The summed E-state index contributed by atoms with van der Waals surface area (Å²) in [5.41, 5.74) is 2.66. The number of phenols is 1. The number of nitrogens with zero attached hydrogens (tertiary/aromatic N) is 2. The lowest BCUT2D eigenvalue weighted by atomic mass is 10.2. The fourth-order valence-electron chi connectivity index (χ4n) is 2.27. The molecule has 3 aromatic rings. The van der Waals surface area contributed by atoms with Gasteiger partial charge in [0.15, 0.2) is 0 Å². The van der Waals surface area contributed by atoms with Crippen molar-refractivity contribution >= 4 is 27.0 Å². The van der Waals surface area contributed by atoms with Gasteiger partial charge in [0.25, 0.3) is 0 Å². The standard InChI is InChI=1S/C15H13BrN2O2/c16-11-6-5-10(9-14(11)20)15-17-12-3-1-2-4-13(12)18(15)7-8-19/h1-6,9,19-20H,7-8H2. The number of aromatic hydroxyl groups is 1. The molecule has 0 spiro atoms. The molecule has 0 amide bonds. The van der Waals surface area contributed by atoms with E-state index in [9.17, 15) is 10.2 Å². The molecule has 0 fully saturated rings. The highest BCUT2D eigenvalue weighted by molar-refractivity contribution is 9.10. The predicted octanol–water partition coefficient (Wildman–Crippen LogP) is 3.16. The first kappa shape index (κ1) is 13.1. The van der Waals surface area contributed by atoms with Gasteiger partial charge in [-0.05, 0) is 46.3 Å². The van der Waals surface area contributed by atoms with Gasteiger partial charge in [0.2, 0.25) is 0 Å². The maximum absolute atomic E-state index is 9.82. The molecule has 0 bridgehead atoms. The minimum Gasteiger partial charge on any atom is -0.507 e. The molecule has 0 aliphatic carbocycles. The zero-order valence-corrected chi connectivity index (χ0v) is 12.2. The van der Waals surface area contributed by atoms with Crippen molar-refractivity contribution < 1.29 is 10.2 Å². The highest BCUT2D eigenvalue weighted by Crippen LogP contribution is 2.31. The Morgan fingerprint density at radius 2 is 1.95 bits per heavy atom. The molecule has 0 saturated heterocycles. The van der Waals surface area contributed by atoms with Crippen molar-refractivity contribution in [1.29, 1.82) is 0 Å². The third-order valence-corrected chi connectivity index (χ3v) is 3.85. The van der Waals surface area contributed by atoms with Gasteiger partial charge in [-0.25, -0.2) is 4.98 Å². The monoisotopic (exact) mass is 332 g/mol. The summed E-state index contributed by atoms with van der Waals surface area (Å²) >= 11 is 3.27. The number of para-hydroxylation sites is 2. The number of hydrogen-bond donors (Lipinski definition) is 2.